The lowest BCUT2D eigenvalue weighted by Crippen LogP contribution is -2.30. The number of methoxy groups -OCH3 is 2. The Hall–Kier alpha value is -2.78. The number of anilines is 1. The van der Waals surface area contributed by atoms with Gasteiger partial charge in [0.25, 0.3) is 0 Å². The van der Waals surface area contributed by atoms with E-state index in [4.69, 9.17) is 9.47 Å². The van der Waals surface area contributed by atoms with Gasteiger partial charge >= 0.3 is 6.03 Å². The molecule has 0 aliphatic carbocycles. The molecule has 0 atom stereocenters. The van der Waals surface area contributed by atoms with E-state index in [-0.39, 0.29) is 10.9 Å². The maximum Gasteiger partial charge on any atom is 0.319 e. The average Bonchev–Trinajstić information content (AvgIpc) is 2.68. The van der Waals surface area contributed by atoms with Crippen LogP contribution in [-0.2, 0) is 16.4 Å². The third kappa shape index (κ3) is 5.37. The first-order chi connectivity index (χ1) is 13.3. The Balaban J connectivity index is 1.88. The topological polar surface area (TPSA) is 97.0 Å². The number of urea groups is 1. The van der Waals surface area contributed by atoms with Crippen molar-refractivity contribution in [1.82, 2.24) is 9.62 Å². The third-order valence-electron chi connectivity index (χ3n) is 4.04. The first kappa shape index (κ1) is 21.5. The summed E-state index contributed by atoms with van der Waals surface area (Å²) in [5.74, 6) is 1.29. The van der Waals surface area contributed by atoms with Crippen LogP contribution in [-0.4, -0.2) is 53.6 Å². The second-order valence-electron chi connectivity index (χ2n) is 6.13. The van der Waals surface area contributed by atoms with Gasteiger partial charge in [-0.05, 0) is 48.4 Å². The lowest BCUT2D eigenvalue weighted by atomic mass is 10.1. The van der Waals surface area contributed by atoms with Crippen molar-refractivity contribution in [2.24, 2.45) is 0 Å². The van der Waals surface area contributed by atoms with E-state index in [1.54, 1.807) is 26.4 Å². The molecular formula is C19H25N3O5S. The van der Waals surface area contributed by atoms with Crippen LogP contribution in [0.5, 0.6) is 11.5 Å². The molecule has 0 aliphatic heterocycles. The van der Waals surface area contributed by atoms with Crippen LogP contribution in [0.4, 0.5) is 10.5 Å². The molecule has 28 heavy (non-hydrogen) atoms. The number of ether oxygens (including phenoxy) is 2. The molecule has 8 nitrogen and oxygen atoms in total. The molecule has 0 saturated heterocycles. The van der Waals surface area contributed by atoms with Gasteiger partial charge in [0.15, 0.2) is 11.5 Å². The number of carbonyl (C=O) groups is 1. The van der Waals surface area contributed by atoms with Crippen LogP contribution in [0.25, 0.3) is 0 Å². The van der Waals surface area contributed by atoms with E-state index < -0.39 is 10.0 Å². The summed E-state index contributed by atoms with van der Waals surface area (Å²) in [5, 5.41) is 5.43. The predicted molar refractivity (Wildman–Crippen MR) is 108 cm³/mol. The minimum Gasteiger partial charge on any atom is -0.493 e. The van der Waals surface area contributed by atoms with Gasteiger partial charge in [-0.2, -0.15) is 0 Å². The Morgan fingerprint density at radius 2 is 1.64 bits per heavy atom. The molecule has 0 radical (unpaired) electrons. The van der Waals surface area contributed by atoms with Gasteiger partial charge in [-0.1, -0.05) is 6.07 Å². The van der Waals surface area contributed by atoms with Crippen molar-refractivity contribution < 1.29 is 22.7 Å². The Bertz CT molecular complexity index is 912. The number of hydrogen-bond donors (Lipinski definition) is 2. The first-order valence-corrected chi connectivity index (χ1v) is 10.00. The quantitative estimate of drug-likeness (QED) is 0.700. The molecule has 0 bridgehead atoms. The van der Waals surface area contributed by atoms with E-state index >= 15 is 0 Å². The number of nitrogens with one attached hydrogen (secondary N) is 2. The number of hydrogen-bond acceptors (Lipinski definition) is 5. The van der Waals surface area contributed by atoms with Gasteiger partial charge in [0, 0.05) is 26.3 Å². The molecule has 152 valence electrons. The molecule has 0 aromatic heterocycles. The third-order valence-corrected chi connectivity index (χ3v) is 5.87. The minimum absolute atomic E-state index is 0.164. The summed E-state index contributed by atoms with van der Waals surface area (Å²) in [6.07, 6.45) is 0.619. The van der Waals surface area contributed by atoms with Crippen molar-refractivity contribution in [1.29, 1.82) is 0 Å². The van der Waals surface area contributed by atoms with Crippen molar-refractivity contribution >= 4 is 21.7 Å². The molecule has 0 fully saturated rings. The highest BCUT2D eigenvalue weighted by molar-refractivity contribution is 7.89. The van der Waals surface area contributed by atoms with Crippen LogP contribution < -0.4 is 20.1 Å². The van der Waals surface area contributed by atoms with Crippen LogP contribution in [0.2, 0.25) is 0 Å². The summed E-state index contributed by atoms with van der Waals surface area (Å²) in [6, 6.07) is 11.2. The lowest BCUT2D eigenvalue weighted by molar-refractivity contribution is 0.252. The summed E-state index contributed by atoms with van der Waals surface area (Å²) in [4.78, 5) is 12.2. The summed E-state index contributed by atoms with van der Waals surface area (Å²) in [7, 11) is 2.59. The van der Waals surface area contributed by atoms with Crippen molar-refractivity contribution in [3.05, 3.63) is 48.0 Å². The van der Waals surface area contributed by atoms with E-state index in [2.05, 4.69) is 10.6 Å². The molecule has 0 heterocycles. The standard InChI is InChI=1S/C19H25N3O5S/c1-22(2)28(24,25)16-8-6-15(7-9-16)21-19(23)20-12-11-14-5-10-17(26-3)18(13-14)27-4/h5-10,13H,11-12H2,1-4H3,(H2,20,21,23). The van der Waals surface area contributed by atoms with Gasteiger partial charge < -0.3 is 20.1 Å². The average molecular weight is 407 g/mol. The van der Waals surface area contributed by atoms with Crippen LogP contribution in [0.1, 0.15) is 5.56 Å². The fourth-order valence-electron chi connectivity index (χ4n) is 2.45. The fourth-order valence-corrected chi connectivity index (χ4v) is 3.35. The monoisotopic (exact) mass is 407 g/mol. The van der Waals surface area contributed by atoms with Crippen molar-refractivity contribution in [2.45, 2.75) is 11.3 Å². The number of nitrogens with zero attached hydrogens (tertiary/aromatic N) is 1. The van der Waals surface area contributed by atoms with Crippen LogP contribution in [0.3, 0.4) is 0 Å². The molecule has 2 aromatic rings. The van der Waals surface area contributed by atoms with Gasteiger partial charge in [-0.3, -0.25) is 0 Å². The van der Waals surface area contributed by atoms with Crippen molar-refractivity contribution in [3.63, 3.8) is 0 Å². The maximum absolute atomic E-state index is 12.0. The summed E-state index contributed by atoms with van der Waals surface area (Å²) >= 11 is 0. The molecule has 2 rings (SSSR count). The van der Waals surface area contributed by atoms with E-state index in [0.29, 0.717) is 30.2 Å². The Morgan fingerprint density at radius 3 is 2.21 bits per heavy atom. The number of rotatable bonds is 8. The Morgan fingerprint density at radius 1 is 1.00 bits per heavy atom. The SMILES string of the molecule is COc1ccc(CCNC(=O)Nc2ccc(S(=O)(=O)N(C)C)cc2)cc1OC. The maximum atomic E-state index is 12.0. The number of carbonyl (C=O) groups excluding carboxylic acids is 1. The second kappa shape index (κ2) is 9.43. The molecule has 2 aromatic carbocycles. The van der Waals surface area contributed by atoms with Crippen LogP contribution in [0.15, 0.2) is 47.4 Å². The molecule has 2 N–H and O–H groups in total. The van der Waals surface area contributed by atoms with Gasteiger partial charge in [0.2, 0.25) is 10.0 Å². The number of benzene rings is 2. The van der Waals surface area contributed by atoms with Crippen molar-refractivity contribution in [3.8, 4) is 11.5 Å². The molecule has 0 saturated carbocycles. The highest BCUT2D eigenvalue weighted by Gasteiger charge is 2.16. The van der Waals surface area contributed by atoms with Gasteiger partial charge in [0.1, 0.15) is 0 Å². The Kier molecular flexibility index (Phi) is 7.24. The second-order valence-corrected chi connectivity index (χ2v) is 8.28. The molecule has 0 unspecified atom stereocenters. The fraction of sp³-hybridized carbons (Fsp3) is 0.316. The summed E-state index contributed by atoms with van der Waals surface area (Å²) in [5.41, 5.74) is 1.50. The Labute approximate surface area is 165 Å². The molecule has 0 aliphatic rings. The molecule has 9 heteroatoms. The highest BCUT2D eigenvalue weighted by atomic mass is 32.2. The van der Waals surface area contributed by atoms with E-state index in [9.17, 15) is 13.2 Å². The zero-order valence-corrected chi connectivity index (χ0v) is 17.2. The largest absolute Gasteiger partial charge is 0.493 e. The normalized spacial score (nSPS) is 11.2. The zero-order chi connectivity index (χ0) is 20.7. The van der Waals surface area contributed by atoms with E-state index in [1.165, 1.54) is 26.2 Å². The van der Waals surface area contributed by atoms with Gasteiger partial charge in [-0.25, -0.2) is 17.5 Å². The summed E-state index contributed by atoms with van der Waals surface area (Å²) in [6.45, 7) is 0.425. The predicted octanol–water partition coefficient (Wildman–Crippen LogP) is 2.32. The van der Waals surface area contributed by atoms with Crippen molar-refractivity contribution in [2.75, 3.05) is 40.2 Å². The van der Waals surface area contributed by atoms with E-state index in [0.717, 1.165) is 9.87 Å². The van der Waals surface area contributed by atoms with Gasteiger partial charge in [0.05, 0.1) is 19.1 Å². The van der Waals surface area contributed by atoms with Crippen LogP contribution in [0, 0.1) is 0 Å². The van der Waals surface area contributed by atoms with E-state index in [1.807, 2.05) is 18.2 Å². The first-order valence-electron chi connectivity index (χ1n) is 8.56. The summed E-state index contributed by atoms with van der Waals surface area (Å²) < 4.78 is 35.7. The molecular weight excluding hydrogens is 382 g/mol. The molecule has 2 amide bonds. The van der Waals surface area contributed by atoms with Crippen LogP contribution >= 0.6 is 0 Å². The minimum atomic E-state index is -3.49. The lowest BCUT2D eigenvalue weighted by Gasteiger charge is -2.12. The zero-order valence-electron chi connectivity index (χ0n) is 16.4. The molecule has 0 spiro atoms. The smallest absolute Gasteiger partial charge is 0.319 e. The number of sulfonamides is 1. The van der Waals surface area contributed by atoms with Gasteiger partial charge in [-0.15, -0.1) is 0 Å². The highest BCUT2D eigenvalue weighted by Crippen LogP contribution is 2.27. The number of amides is 2.